The molecule has 0 amide bonds. The van der Waals surface area contributed by atoms with Crippen molar-refractivity contribution in [2.24, 2.45) is 0 Å². The number of hydrogen-bond acceptors (Lipinski definition) is 4. The summed E-state index contributed by atoms with van der Waals surface area (Å²) in [6.07, 6.45) is 5.16. The Morgan fingerprint density at radius 3 is 2.62 bits per heavy atom. The van der Waals surface area contributed by atoms with E-state index in [2.05, 4.69) is 27.6 Å². The molecule has 3 heterocycles. The van der Waals surface area contributed by atoms with Crippen molar-refractivity contribution in [2.75, 3.05) is 20.8 Å². The number of aromatic nitrogens is 2. The van der Waals surface area contributed by atoms with E-state index in [4.69, 9.17) is 14.5 Å². The van der Waals surface area contributed by atoms with Crippen LogP contribution in [0.5, 0.6) is 11.5 Å². The van der Waals surface area contributed by atoms with Gasteiger partial charge in [0.15, 0.2) is 11.5 Å². The molecule has 124 valence electrons. The summed E-state index contributed by atoms with van der Waals surface area (Å²) in [4.78, 5) is 7.13. The van der Waals surface area contributed by atoms with Crippen molar-refractivity contribution in [3.8, 4) is 11.5 Å². The first kappa shape index (κ1) is 15.0. The van der Waals surface area contributed by atoms with Crippen LogP contribution in [0.4, 0.5) is 0 Å². The Kier molecular flexibility index (Phi) is 3.86. The molecular formula is C19H21N3O2. The molecule has 0 bridgehead atoms. The largest absolute Gasteiger partial charge is 0.493 e. The van der Waals surface area contributed by atoms with Gasteiger partial charge >= 0.3 is 0 Å². The van der Waals surface area contributed by atoms with E-state index in [1.54, 1.807) is 14.2 Å². The lowest BCUT2D eigenvalue weighted by Gasteiger charge is -2.28. The molecule has 24 heavy (non-hydrogen) atoms. The molecule has 0 radical (unpaired) electrons. The Hall–Kier alpha value is -2.53. The molecule has 1 aliphatic heterocycles. The van der Waals surface area contributed by atoms with Gasteiger partial charge in [-0.1, -0.05) is 6.07 Å². The molecule has 0 saturated carbocycles. The number of pyridine rings is 1. The molecule has 0 unspecified atom stereocenters. The van der Waals surface area contributed by atoms with Crippen LogP contribution in [0.25, 0.3) is 5.65 Å². The number of benzene rings is 1. The molecule has 5 heteroatoms. The van der Waals surface area contributed by atoms with Crippen LogP contribution in [0.3, 0.4) is 0 Å². The molecule has 0 saturated heterocycles. The number of methoxy groups -OCH3 is 2. The summed E-state index contributed by atoms with van der Waals surface area (Å²) >= 11 is 0. The lowest BCUT2D eigenvalue weighted by molar-refractivity contribution is 0.241. The number of ether oxygens (including phenoxy) is 2. The first-order valence-electron chi connectivity index (χ1n) is 8.15. The molecule has 0 N–H and O–H groups in total. The normalized spacial score (nSPS) is 14.6. The number of imidazole rings is 1. The van der Waals surface area contributed by atoms with Gasteiger partial charge in [0.25, 0.3) is 0 Å². The number of nitrogens with zero attached hydrogens (tertiary/aromatic N) is 3. The standard InChI is InChI=1S/C19H21N3O2/c1-23-17-9-14-6-8-21(11-15(14)10-18(17)24-2)12-16-13-22-7-4-3-5-19(22)20-16/h3-5,7,9-10,13H,6,8,11-12H2,1-2H3. The SMILES string of the molecule is COc1cc2c(cc1OC)CN(Cc1cn3ccccc3n1)CC2. The topological polar surface area (TPSA) is 39.0 Å². The average Bonchev–Trinajstić information content (AvgIpc) is 3.02. The van der Waals surface area contributed by atoms with Gasteiger partial charge in [0.05, 0.1) is 19.9 Å². The Balaban J connectivity index is 1.55. The second kappa shape index (κ2) is 6.17. The van der Waals surface area contributed by atoms with Crippen LogP contribution < -0.4 is 9.47 Å². The summed E-state index contributed by atoms with van der Waals surface area (Å²) in [5.41, 5.74) is 4.75. The maximum atomic E-state index is 5.44. The van der Waals surface area contributed by atoms with Gasteiger partial charge in [-0.25, -0.2) is 4.98 Å². The number of fused-ring (bicyclic) bond motifs is 2. The van der Waals surface area contributed by atoms with Crippen molar-refractivity contribution in [1.82, 2.24) is 14.3 Å². The fourth-order valence-corrected chi connectivity index (χ4v) is 3.37. The van der Waals surface area contributed by atoms with Gasteiger partial charge in [0.1, 0.15) is 5.65 Å². The van der Waals surface area contributed by atoms with Crippen molar-refractivity contribution >= 4 is 5.65 Å². The van der Waals surface area contributed by atoms with Gasteiger partial charge < -0.3 is 13.9 Å². The maximum absolute atomic E-state index is 5.44. The van der Waals surface area contributed by atoms with E-state index in [1.807, 2.05) is 24.4 Å². The van der Waals surface area contributed by atoms with Crippen LogP contribution in [-0.4, -0.2) is 35.0 Å². The van der Waals surface area contributed by atoms with E-state index in [0.29, 0.717) is 0 Å². The minimum Gasteiger partial charge on any atom is -0.493 e. The van der Waals surface area contributed by atoms with Gasteiger partial charge in [-0.05, 0) is 41.8 Å². The highest BCUT2D eigenvalue weighted by molar-refractivity contribution is 5.48. The van der Waals surface area contributed by atoms with Gasteiger partial charge in [-0.3, -0.25) is 4.90 Å². The minimum atomic E-state index is 0.797. The lowest BCUT2D eigenvalue weighted by Crippen LogP contribution is -2.30. The third kappa shape index (κ3) is 2.71. The van der Waals surface area contributed by atoms with Gasteiger partial charge in [-0.2, -0.15) is 0 Å². The number of hydrogen-bond donors (Lipinski definition) is 0. The Labute approximate surface area is 141 Å². The van der Waals surface area contributed by atoms with E-state index in [-0.39, 0.29) is 0 Å². The smallest absolute Gasteiger partial charge is 0.161 e. The van der Waals surface area contributed by atoms with Crippen molar-refractivity contribution in [3.63, 3.8) is 0 Å². The summed E-state index contributed by atoms with van der Waals surface area (Å²) in [5.74, 6) is 1.61. The second-order valence-electron chi connectivity index (χ2n) is 6.13. The summed E-state index contributed by atoms with van der Waals surface area (Å²) in [5, 5.41) is 0. The summed E-state index contributed by atoms with van der Waals surface area (Å²) in [7, 11) is 3.37. The zero-order valence-corrected chi connectivity index (χ0v) is 14.0. The highest BCUT2D eigenvalue weighted by Crippen LogP contribution is 2.33. The van der Waals surface area contributed by atoms with Gasteiger partial charge in [0.2, 0.25) is 0 Å². The molecule has 0 spiro atoms. The molecule has 1 aliphatic rings. The number of rotatable bonds is 4. The van der Waals surface area contributed by atoms with Crippen molar-refractivity contribution < 1.29 is 9.47 Å². The predicted molar refractivity (Wildman–Crippen MR) is 92.6 cm³/mol. The molecule has 0 aliphatic carbocycles. The van der Waals surface area contributed by atoms with Crippen LogP contribution >= 0.6 is 0 Å². The summed E-state index contributed by atoms with van der Waals surface area (Å²) < 4.78 is 12.9. The van der Waals surface area contributed by atoms with Gasteiger partial charge in [0, 0.05) is 32.0 Å². The Bertz CT molecular complexity index is 839. The van der Waals surface area contributed by atoms with Crippen molar-refractivity contribution in [1.29, 1.82) is 0 Å². The van der Waals surface area contributed by atoms with Crippen molar-refractivity contribution in [2.45, 2.75) is 19.5 Å². The molecule has 4 rings (SSSR count). The molecule has 5 nitrogen and oxygen atoms in total. The van der Waals surface area contributed by atoms with E-state index >= 15 is 0 Å². The summed E-state index contributed by atoms with van der Waals surface area (Å²) in [6.45, 7) is 2.79. The zero-order valence-electron chi connectivity index (χ0n) is 14.0. The van der Waals surface area contributed by atoms with Crippen LogP contribution in [0.2, 0.25) is 0 Å². The highest BCUT2D eigenvalue weighted by Gasteiger charge is 2.20. The quantitative estimate of drug-likeness (QED) is 0.740. The third-order valence-corrected chi connectivity index (χ3v) is 4.60. The molecular weight excluding hydrogens is 302 g/mol. The monoisotopic (exact) mass is 323 g/mol. The molecule has 1 aromatic carbocycles. The fourth-order valence-electron chi connectivity index (χ4n) is 3.37. The highest BCUT2D eigenvalue weighted by atomic mass is 16.5. The minimum absolute atomic E-state index is 0.797. The first-order chi connectivity index (χ1) is 11.8. The second-order valence-corrected chi connectivity index (χ2v) is 6.13. The third-order valence-electron chi connectivity index (χ3n) is 4.60. The molecule has 0 fully saturated rings. The van der Waals surface area contributed by atoms with E-state index in [9.17, 15) is 0 Å². The maximum Gasteiger partial charge on any atom is 0.161 e. The Morgan fingerprint density at radius 2 is 1.88 bits per heavy atom. The lowest BCUT2D eigenvalue weighted by atomic mass is 9.98. The van der Waals surface area contributed by atoms with Crippen molar-refractivity contribution in [3.05, 3.63) is 59.5 Å². The Morgan fingerprint density at radius 1 is 1.08 bits per heavy atom. The van der Waals surface area contributed by atoms with E-state index in [0.717, 1.165) is 48.9 Å². The molecule has 2 aromatic heterocycles. The summed E-state index contributed by atoms with van der Waals surface area (Å²) in [6, 6.07) is 10.3. The molecule has 0 atom stereocenters. The zero-order chi connectivity index (χ0) is 16.5. The average molecular weight is 323 g/mol. The van der Waals surface area contributed by atoms with E-state index in [1.165, 1.54) is 11.1 Å². The van der Waals surface area contributed by atoms with Crippen LogP contribution in [-0.2, 0) is 19.5 Å². The van der Waals surface area contributed by atoms with Gasteiger partial charge in [-0.15, -0.1) is 0 Å². The molecule has 3 aromatic rings. The first-order valence-corrected chi connectivity index (χ1v) is 8.15. The fraction of sp³-hybridized carbons (Fsp3) is 0.316. The van der Waals surface area contributed by atoms with E-state index < -0.39 is 0 Å². The predicted octanol–water partition coefficient (Wildman–Crippen LogP) is 2.91. The van der Waals surface area contributed by atoms with Crippen LogP contribution in [0.15, 0.2) is 42.7 Å². The van der Waals surface area contributed by atoms with Crippen LogP contribution in [0.1, 0.15) is 16.8 Å². The van der Waals surface area contributed by atoms with Crippen LogP contribution in [0, 0.1) is 0 Å².